The molecule has 0 saturated carbocycles. The van der Waals surface area contributed by atoms with Crippen molar-refractivity contribution >= 4 is 39.5 Å². The third-order valence-corrected chi connectivity index (χ3v) is 19.9. The molecule has 570 valence electrons. The Balaban J connectivity index is 5.16. The van der Waals surface area contributed by atoms with E-state index in [4.69, 9.17) is 37.0 Å². The van der Waals surface area contributed by atoms with Crippen molar-refractivity contribution in [2.45, 2.75) is 425 Å². The number of hydrogen-bond acceptors (Lipinski definition) is 15. The molecule has 0 aromatic heterocycles. The van der Waals surface area contributed by atoms with Gasteiger partial charge in [0.2, 0.25) is 0 Å². The van der Waals surface area contributed by atoms with Crippen LogP contribution in [0.5, 0.6) is 0 Å². The van der Waals surface area contributed by atoms with E-state index in [1.54, 1.807) is 0 Å². The Morgan fingerprint density at radius 3 is 0.708 bits per heavy atom. The summed E-state index contributed by atoms with van der Waals surface area (Å²) in [6.07, 6.45) is 59.8. The van der Waals surface area contributed by atoms with E-state index in [1.807, 2.05) is 0 Å². The normalized spacial score (nSPS) is 13.9. The number of phosphoric ester groups is 2. The van der Waals surface area contributed by atoms with Crippen LogP contribution in [0.25, 0.3) is 0 Å². The van der Waals surface area contributed by atoms with E-state index >= 15 is 0 Å². The van der Waals surface area contributed by atoms with Gasteiger partial charge in [-0.15, -0.1) is 0 Å². The second-order valence-electron chi connectivity index (χ2n) is 28.2. The molecule has 0 bridgehead atoms. The summed E-state index contributed by atoms with van der Waals surface area (Å²) in [5.41, 5.74) is 0. The fourth-order valence-electron chi connectivity index (χ4n) is 11.9. The topological polar surface area (TPSA) is 237 Å². The number of aliphatic hydroxyl groups excluding tert-OH is 1. The summed E-state index contributed by atoms with van der Waals surface area (Å²) in [6, 6.07) is 0. The first-order valence-corrected chi connectivity index (χ1v) is 43.1. The molecule has 2 unspecified atom stereocenters. The van der Waals surface area contributed by atoms with Crippen LogP contribution in [0.3, 0.4) is 0 Å². The Kier molecular flexibility index (Phi) is 68.7. The quantitative estimate of drug-likeness (QED) is 0.0222. The molecule has 0 fully saturated rings. The molecule has 0 aliphatic carbocycles. The Morgan fingerprint density at radius 1 is 0.281 bits per heavy atom. The maximum atomic E-state index is 13.1. The van der Waals surface area contributed by atoms with E-state index in [2.05, 4.69) is 34.6 Å². The average molecular weight is 1410 g/mol. The molecular formula is C77H150O17P2. The number of ether oxygens (including phenoxy) is 4. The molecule has 17 nitrogen and oxygen atoms in total. The molecule has 0 aliphatic heterocycles. The largest absolute Gasteiger partial charge is 0.472 e. The monoisotopic (exact) mass is 1410 g/mol. The molecule has 0 heterocycles. The van der Waals surface area contributed by atoms with Gasteiger partial charge < -0.3 is 33.8 Å². The van der Waals surface area contributed by atoms with Crippen LogP contribution >= 0.6 is 15.6 Å². The first-order valence-electron chi connectivity index (χ1n) is 40.1. The van der Waals surface area contributed by atoms with Gasteiger partial charge in [-0.25, -0.2) is 9.13 Å². The van der Waals surface area contributed by atoms with Gasteiger partial charge in [-0.2, -0.15) is 0 Å². The highest BCUT2D eigenvalue weighted by Crippen LogP contribution is 2.45. The zero-order valence-electron chi connectivity index (χ0n) is 62.5. The number of unbranched alkanes of at least 4 members (excludes halogenated alkanes) is 49. The van der Waals surface area contributed by atoms with Crippen LogP contribution in [0.4, 0.5) is 0 Å². The molecule has 19 heteroatoms. The number of aliphatic hydroxyl groups is 1. The van der Waals surface area contributed by atoms with Crippen molar-refractivity contribution in [2.24, 2.45) is 5.92 Å². The minimum atomic E-state index is -4.96. The highest BCUT2D eigenvalue weighted by atomic mass is 31.2. The standard InChI is InChI=1S/C77H150O17P2/c1-6-9-12-15-18-21-23-24-25-28-32-35-38-42-46-51-56-61-75(80)88-67-73(94-77(82)63-58-53-48-43-39-36-33-30-27-26-29-31-34-37-40-44-49-54-59-70(4)5)69-92-96(85,86)90-65-71(78)64-89-95(83,84)91-68-72(66-87-74(79)60-55-50-45-20-17-14-11-8-3)93-76(81)62-57-52-47-41-22-19-16-13-10-7-2/h70-73,78H,6-69H2,1-5H3,(H,83,84)(H,85,86)/t71-,72+,73+/m0/s1. The van der Waals surface area contributed by atoms with Gasteiger partial charge in [0, 0.05) is 25.7 Å². The predicted molar refractivity (Wildman–Crippen MR) is 391 cm³/mol. The van der Waals surface area contributed by atoms with Gasteiger partial charge in [0.25, 0.3) is 0 Å². The molecule has 0 amide bonds. The summed E-state index contributed by atoms with van der Waals surface area (Å²) in [5.74, 6) is -1.29. The molecule has 96 heavy (non-hydrogen) atoms. The summed E-state index contributed by atoms with van der Waals surface area (Å²) in [4.78, 5) is 72.7. The summed E-state index contributed by atoms with van der Waals surface area (Å²) in [7, 11) is -9.90. The van der Waals surface area contributed by atoms with Crippen molar-refractivity contribution in [3.05, 3.63) is 0 Å². The molecule has 5 atom stereocenters. The third-order valence-electron chi connectivity index (χ3n) is 18.0. The number of rotatable bonds is 77. The Morgan fingerprint density at radius 2 is 0.479 bits per heavy atom. The summed E-state index contributed by atoms with van der Waals surface area (Å²) < 4.78 is 68.4. The second kappa shape index (κ2) is 70.1. The summed E-state index contributed by atoms with van der Waals surface area (Å²) >= 11 is 0. The van der Waals surface area contributed by atoms with E-state index in [-0.39, 0.29) is 25.7 Å². The van der Waals surface area contributed by atoms with Crippen molar-refractivity contribution in [1.29, 1.82) is 0 Å². The fraction of sp³-hybridized carbons (Fsp3) is 0.948. The van der Waals surface area contributed by atoms with E-state index in [1.165, 1.54) is 225 Å². The molecule has 0 saturated heterocycles. The maximum Gasteiger partial charge on any atom is 0.472 e. The van der Waals surface area contributed by atoms with Crippen LogP contribution in [0.1, 0.15) is 407 Å². The van der Waals surface area contributed by atoms with Crippen LogP contribution in [0.15, 0.2) is 0 Å². The van der Waals surface area contributed by atoms with Gasteiger partial charge in [0.05, 0.1) is 26.4 Å². The van der Waals surface area contributed by atoms with Crippen LogP contribution in [0.2, 0.25) is 0 Å². The fourth-order valence-corrected chi connectivity index (χ4v) is 13.5. The SMILES string of the molecule is CCCCCCCCCCCCCCCCCCCC(=O)OC[C@H](COP(=O)(O)OC[C@@H](O)COP(=O)(O)OC[C@@H](COC(=O)CCCCCCCCCC)OC(=O)CCCCCCCCCCCC)OC(=O)CCCCCCCCCCCCCCCCCCCCC(C)C. The summed E-state index contributed by atoms with van der Waals surface area (Å²) in [5, 5.41) is 10.6. The zero-order valence-corrected chi connectivity index (χ0v) is 64.3. The smallest absolute Gasteiger partial charge is 0.462 e. The maximum absolute atomic E-state index is 13.1. The number of phosphoric acid groups is 2. The molecule has 0 radical (unpaired) electrons. The van der Waals surface area contributed by atoms with Crippen LogP contribution in [-0.2, 0) is 65.4 Å². The number of hydrogen-bond donors (Lipinski definition) is 3. The van der Waals surface area contributed by atoms with Crippen LogP contribution in [-0.4, -0.2) is 96.7 Å². The lowest BCUT2D eigenvalue weighted by Crippen LogP contribution is -2.30. The highest BCUT2D eigenvalue weighted by Gasteiger charge is 2.30. The van der Waals surface area contributed by atoms with Crippen molar-refractivity contribution in [2.75, 3.05) is 39.6 Å². The predicted octanol–water partition coefficient (Wildman–Crippen LogP) is 22.9. The molecule has 3 N–H and O–H groups in total. The van der Waals surface area contributed by atoms with Crippen molar-refractivity contribution in [3.63, 3.8) is 0 Å². The lowest BCUT2D eigenvalue weighted by Gasteiger charge is -2.21. The second-order valence-corrected chi connectivity index (χ2v) is 31.1. The van der Waals surface area contributed by atoms with Crippen LogP contribution < -0.4 is 0 Å². The minimum absolute atomic E-state index is 0.107. The number of carbonyl (C=O) groups excluding carboxylic acids is 4. The van der Waals surface area contributed by atoms with Crippen molar-refractivity contribution in [3.8, 4) is 0 Å². The zero-order chi connectivity index (χ0) is 70.5. The van der Waals surface area contributed by atoms with E-state index in [9.17, 15) is 43.2 Å². The van der Waals surface area contributed by atoms with Crippen molar-refractivity contribution in [1.82, 2.24) is 0 Å². The Bertz CT molecular complexity index is 1840. The molecule has 0 aliphatic rings. The van der Waals surface area contributed by atoms with Gasteiger partial charge in [0.1, 0.15) is 19.3 Å². The molecular weight excluding hydrogens is 1260 g/mol. The molecule has 0 aromatic carbocycles. The van der Waals surface area contributed by atoms with E-state index in [0.717, 1.165) is 102 Å². The third kappa shape index (κ3) is 70.5. The first kappa shape index (κ1) is 94.1. The van der Waals surface area contributed by atoms with E-state index in [0.29, 0.717) is 25.7 Å². The van der Waals surface area contributed by atoms with Crippen molar-refractivity contribution < 1.29 is 80.2 Å². The van der Waals surface area contributed by atoms with Gasteiger partial charge in [-0.3, -0.25) is 37.3 Å². The molecule has 0 spiro atoms. The minimum Gasteiger partial charge on any atom is -0.462 e. The lowest BCUT2D eigenvalue weighted by atomic mass is 10.0. The van der Waals surface area contributed by atoms with Gasteiger partial charge in [-0.1, -0.05) is 356 Å². The Hall–Kier alpha value is -1.94. The number of esters is 4. The molecule has 0 rings (SSSR count). The number of carbonyl (C=O) groups is 4. The van der Waals surface area contributed by atoms with Gasteiger partial charge in [-0.05, 0) is 31.6 Å². The lowest BCUT2D eigenvalue weighted by molar-refractivity contribution is -0.161. The first-order chi connectivity index (χ1) is 46.5. The summed E-state index contributed by atoms with van der Waals surface area (Å²) in [6.45, 7) is 7.30. The van der Waals surface area contributed by atoms with Gasteiger partial charge >= 0.3 is 39.5 Å². The molecule has 0 aromatic rings. The highest BCUT2D eigenvalue weighted by molar-refractivity contribution is 7.47. The Labute approximate surface area is 588 Å². The van der Waals surface area contributed by atoms with Gasteiger partial charge in [0.15, 0.2) is 12.2 Å². The average Bonchev–Trinajstić information content (AvgIpc) is 2.36. The van der Waals surface area contributed by atoms with E-state index < -0.39 is 97.5 Å². The van der Waals surface area contributed by atoms with Crippen LogP contribution in [0, 0.1) is 5.92 Å².